The quantitative estimate of drug-likeness (QED) is 0.111. The number of nitrogens with one attached hydrogen (secondary N) is 1. The van der Waals surface area contributed by atoms with E-state index in [-0.39, 0.29) is 16.8 Å². The molecule has 2 amide bonds. The Morgan fingerprint density at radius 3 is 1.94 bits per heavy atom. The molecule has 254 valence electrons. The predicted molar refractivity (Wildman–Crippen MR) is 154 cm³/mol. The monoisotopic (exact) mass is 701 g/mol. The first-order chi connectivity index (χ1) is 22.4. The van der Waals surface area contributed by atoms with Gasteiger partial charge in [0.2, 0.25) is 15.9 Å². The van der Waals surface area contributed by atoms with Crippen LogP contribution in [0.4, 0.5) is 40.8 Å². The van der Waals surface area contributed by atoms with E-state index < -0.39 is 87.0 Å². The maximum Gasteiger partial charge on any atom is 0.416 e. The van der Waals surface area contributed by atoms with Crippen LogP contribution in [0.1, 0.15) is 32.6 Å². The Kier molecular flexibility index (Phi) is 10.6. The average molecular weight is 702 g/mol. The predicted octanol–water partition coefficient (Wildman–Crippen LogP) is 6.55. The summed E-state index contributed by atoms with van der Waals surface area (Å²) in [7, 11) is -5.02. The van der Waals surface area contributed by atoms with Crippen molar-refractivity contribution in [2.75, 3.05) is 11.4 Å². The van der Waals surface area contributed by atoms with Crippen molar-refractivity contribution in [1.29, 1.82) is 0 Å². The van der Waals surface area contributed by atoms with Gasteiger partial charge in [0, 0.05) is 17.8 Å². The Labute approximate surface area is 267 Å². The molecule has 17 heteroatoms. The highest BCUT2D eigenvalue weighted by Crippen LogP contribution is 2.34. The molecular weight excluding hydrogens is 678 g/mol. The molecule has 0 saturated carbocycles. The maximum absolute atomic E-state index is 14.1. The van der Waals surface area contributed by atoms with Gasteiger partial charge in [-0.05, 0) is 71.8 Å². The largest absolute Gasteiger partial charge is 0.416 e. The highest BCUT2D eigenvalue weighted by Gasteiger charge is 2.36. The number of nitrogens with zero attached hydrogens (tertiary/aromatic N) is 2. The Bertz CT molecular complexity index is 1900. The first kappa shape index (κ1) is 36.0. The minimum Gasteiger partial charge on any atom is -0.307 e. The molecule has 0 heterocycles. The van der Waals surface area contributed by atoms with Crippen molar-refractivity contribution in [3.8, 4) is 0 Å². The first-order valence-corrected chi connectivity index (χ1v) is 15.0. The smallest absolute Gasteiger partial charge is 0.307 e. The van der Waals surface area contributed by atoms with Crippen LogP contribution in [0.25, 0.3) is 0 Å². The lowest BCUT2D eigenvalue weighted by Gasteiger charge is -2.28. The summed E-state index contributed by atoms with van der Waals surface area (Å²) in [5, 5.41) is 8.90. The molecule has 0 aliphatic rings. The van der Waals surface area contributed by atoms with Crippen molar-refractivity contribution in [3.63, 3.8) is 0 Å². The van der Waals surface area contributed by atoms with Gasteiger partial charge in [-0.3, -0.25) is 14.8 Å². The van der Waals surface area contributed by atoms with Crippen LogP contribution >= 0.6 is 0 Å². The van der Waals surface area contributed by atoms with Gasteiger partial charge in [0.15, 0.2) is 11.6 Å². The number of hydroxylamine groups is 1. The second-order valence-corrected chi connectivity index (χ2v) is 12.1. The van der Waals surface area contributed by atoms with E-state index in [4.69, 9.17) is 5.21 Å². The Morgan fingerprint density at radius 2 is 1.38 bits per heavy atom. The van der Waals surface area contributed by atoms with E-state index in [9.17, 15) is 53.1 Å². The van der Waals surface area contributed by atoms with E-state index in [1.807, 2.05) is 0 Å². The van der Waals surface area contributed by atoms with Crippen molar-refractivity contribution in [1.82, 2.24) is 9.79 Å². The molecule has 4 aromatic rings. The average Bonchev–Trinajstić information content (AvgIpc) is 3.03. The van der Waals surface area contributed by atoms with E-state index in [2.05, 4.69) is 0 Å². The summed E-state index contributed by atoms with van der Waals surface area (Å²) in [5.74, 6) is -5.05. The maximum atomic E-state index is 14.1. The molecule has 0 atom stereocenters. The molecule has 2 N–H and O–H groups in total. The Hall–Kier alpha value is -4.87. The summed E-state index contributed by atoms with van der Waals surface area (Å²) in [6.45, 7) is -2.74. The van der Waals surface area contributed by atoms with Crippen LogP contribution in [0.2, 0.25) is 0 Å². The summed E-state index contributed by atoms with van der Waals surface area (Å²) < 4.78 is 136. The zero-order chi connectivity index (χ0) is 35.4. The number of sulfonamides is 1. The van der Waals surface area contributed by atoms with Crippen LogP contribution < -0.4 is 10.4 Å². The number of amides is 2. The molecule has 0 aromatic heterocycles. The van der Waals surface area contributed by atoms with Gasteiger partial charge < -0.3 is 4.90 Å². The standard InChI is InChI=1S/C31H23F8N3O5S/c32-26-14-13-24(15-27(26)33)48(46,47)41(17-21-3-1-2-4-25(21)31(37,38)39)18-28(43)42(23-11-7-20(8-12-23)29(44)40-45)16-19-5-9-22(10-6-19)30(34,35)36/h1-15,45H,16-18H2,(H,40,44). The zero-order valence-corrected chi connectivity index (χ0v) is 25.0. The van der Waals surface area contributed by atoms with E-state index in [1.165, 1.54) is 23.7 Å². The van der Waals surface area contributed by atoms with Crippen LogP contribution in [0, 0.1) is 11.6 Å². The SMILES string of the molecule is O=C(NO)c1ccc(N(Cc2ccc(C(F)(F)F)cc2)C(=O)CN(Cc2ccccc2C(F)(F)F)S(=O)(=O)c2ccc(F)c(F)c2)cc1. The third kappa shape index (κ3) is 8.34. The van der Waals surface area contributed by atoms with E-state index >= 15 is 0 Å². The number of carbonyl (C=O) groups excluding carboxylic acids is 2. The van der Waals surface area contributed by atoms with Crippen molar-refractivity contribution in [2.45, 2.75) is 30.3 Å². The van der Waals surface area contributed by atoms with Gasteiger partial charge in [-0.2, -0.15) is 30.6 Å². The molecule has 4 rings (SSSR count). The van der Waals surface area contributed by atoms with Gasteiger partial charge in [0.05, 0.1) is 29.1 Å². The zero-order valence-electron chi connectivity index (χ0n) is 24.2. The lowest BCUT2D eigenvalue weighted by molar-refractivity contribution is -0.138. The Balaban J connectivity index is 1.79. The van der Waals surface area contributed by atoms with Crippen LogP contribution in [0.3, 0.4) is 0 Å². The minimum atomic E-state index is -5.02. The first-order valence-electron chi connectivity index (χ1n) is 13.5. The van der Waals surface area contributed by atoms with Crippen LogP contribution in [-0.2, 0) is 40.3 Å². The number of alkyl halides is 6. The molecule has 8 nitrogen and oxygen atoms in total. The van der Waals surface area contributed by atoms with Crippen LogP contribution in [0.5, 0.6) is 0 Å². The topological polar surface area (TPSA) is 107 Å². The fourth-order valence-corrected chi connectivity index (χ4v) is 5.92. The molecule has 0 fully saturated rings. The van der Waals surface area contributed by atoms with E-state index in [0.717, 1.165) is 53.4 Å². The highest BCUT2D eigenvalue weighted by atomic mass is 32.2. The summed E-state index contributed by atoms with van der Waals surface area (Å²) in [6.07, 6.45) is -9.63. The molecule has 0 spiro atoms. The molecule has 0 unspecified atom stereocenters. The van der Waals surface area contributed by atoms with Gasteiger partial charge in [0.1, 0.15) is 0 Å². The molecule has 0 aliphatic heterocycles. The molecule has 0 aliphatic carbocycles. The number of hydrogen-bond acceptors (Lipinski definition) is 5. The molecular formula is C31H23F8N3O5S. The van der Waals surface area contributed by atoms with Crippen molar-refractivity contribution in [2.24, 2.45) is 0 Å². The van der Waals surface area contributed by atoms with E-state index in [0.29, 0.717) is 28.6 Å². The van der Waals surface area contributed by atoms with E-state index in [1.54, 1.807) is 0 Å². The summed E-state index contributed by atoms with van der Waals surface area (Å²) >= 11 is 0. The third-order valence-electron chi connectivity index (χ3n) is 6.98. The lowest BCUT2D eigenvalue weighted by Crippen LogP contribution is -2.42. The van der Waals surface area contributed by atoms with Crippen LogP contribution in [0.15, 0.2) is 95.9 Å². The number of anilines is 1. The lowest BCUT2D eigenvalue weighted by atomic mass is 10.1. The summed E-state index contributed by atoms with van der Waals surface area (Å²) in [6, 6.07) is 13.6. The summed E-state index contributed by atoms with van der Waals surface area (Å²) in [5.41, 5.74) is -1.43. The van der Waals surface area contributed by atoms with Gasteiger partial charge >= 0.3 is 12.4 Å². The number of benzene rings is 4. The van der Waals surface area contributed by atoms with Gasteiger partial charge in [-0.25, -0.2) is 22.7 Å². The normalized spacial score (nSPS) is 12.2. The Morgan fingerprint density at radius 1 is 0.750 bits per heavy atom. The van der Waals surface area contributed by atoms with Crippen molar-refractivity contribution >= 4 is 27.5 Å². The highest BCUT2D eigenvalue weighted by molar-refractivity contribution is 7.89. The number of hydrogen-bond donors (Lipinski definition) is 2. The number of halogens is 8. The van der Waals surface area contributed by atoms with Gasteiger partial charge in [-0.15, -0.1) is 0 Å². The number of carbonyl (C=O) groups is 2. The number of rotatable bonds is 10. The van der Waals surface area contributed by atoms with Crippen molar-refractivity contribution < 1.29 is 58.3 Å². The van der Waals surface area contributed by atoms with Crippen LogP contribution in [-0.4, -0.2) is 36.3 Å². The fourth-order valence-electron chi connectivity index (χ4n) is 4.54. The molecule has 0 bridgehead atoms. The fraction of sp³-hybridized carbons (Fsp3) is 0.161. The third-order valence-corrected chi connectivity index (χ3v) is 8.76. The minimum absolute atomic E-state index is 0.0322. The molecule has 4 aromatic carbocycles. The second-order valence-electron chi connectivity index (χ2n) is 10.2. The second kappa shape index (κ2) is 14.1. The van der Waals surface area contributed by atoms with Crippen molar-refractivity contribution in [3.05, 3.63) is 130 Å². The molecule has 48 heavy (non-hydrogen) atoms. The van der Waals surface area contributed by atoms with Gasteiger partial charge in [0.25, 0.3) is 5.91 Å². The molecule has 0 saturated heterocycles. The van der Waals surface area contributed by atoms with Gasteiger partial charge in [-0.1, -0.05) is 30.3 Å². The molecule has 0 radical (unpaired) electrons. The summed E-state index contributed by atoms with van der Waals surface area (Å²) in [4.78, 5) is 25.7.